The maximum atomic E-state index is 10.7. The maximum absolute atomic E-state index is 10.7. The summed E-state index contributed by atoms with van der Waals surface area (Å²) in [7, 11) is 0. The molecule has 18 heavy (non-hydrogen) atoms. The van der Waals surface area contributed by atoms with E-state index in [1.165, 1.54) is 0 Å². The molecule has 1 aromatic carbocycles. The second-order valence-electron chi connectivity index (χ2n) is 4.78. The monoisotopic (exact) mass is 263 g/mol. The van der Waals surface area contributed by atoms with Crippen LogP contribution in [0.3, 0.4) is 0 Å². The van der Waals surface area contributed by atoms with Gasteiger partial charge in [-0.15, -0.1) is 11.8 Å². The van der Waals surface area contributed by atoms with E-state index in [0.29, 0.717) is 5.56 Å². The number of hydrogen-bond donors (Lipinski definition) is 1. The zero-order valence-electron chi connectivity index (χ0n) is 10.6. The first-order chi connectivity index (χ1) is 8.44. The summed E-state index contributed by atoms with van der Waals surface area (Å²) in [5.74, 6) is 0.0414. The fourth-order valence-corrected chi connectivity index (χ4v) is 2.31. The van der Waals surface area contributed by atoms with Crippen LogP contribution in [0.2, 0.25) is 0 Å². The molecule has 0 saturated heterocycles. The number of carboxylic acid groups (broad SMARTS) is 1. The highest BCUT2D eigenvalue weighted by Crippen LogP contribution is 2.25. The van der Waals surface area contributed by atoms with Crippen LogP contribution < -0.4 is 0 Å². The Morgan fingerprint density at radius 1 is 1.39 bits per heavy atom. The van der Waals surface area contributed by atoms with E-state index in [0.717, 1.165) is 23.5 Å². The minimum atomic E-state index is -0.901. The molecule has 0 aliphatic heterocycles. The van der Waals surface area contributed by atoms with E-state index in [1.807, 2.05) is 26.0 Å². The third-order valence-electron chi connectivity index (χ3n) is 2.62. The number of nitriles is 1. The largest absolute Gasteiger partial charge is 0.478 e. The number of rotatable bonds is 6. The average Bonchev–Trinajstić information content (AvgIpc) is 2.35. The SMILES string of the molecule is CC(C)(C#N)CCCSc1ccc(C(=O)O)cc1. The maximum Gasteiger partial charge on any atom is 0.335 e. The quantitative estimate of drug-likeness (QED) is 0.626. The Kier molecular flexibility index (Phi) is 5.24. The highest BCUT2D eigenvalue weighted by atomic mass is 32.2. The molecule has 0 aliphatic rings. The molecule has 0 heterocycles. The minimum Gasteiger partial charge on any atom is -0.478 e. The first kappa shape index (κ1) is 14.6. The van der Waals surface area contributed by atoms with Gasteiger partial charge in [0, 0.05) is 4.90 Å². The van der Waals surface area contributed by atoms with E-state index in [9.17, 15) is 4.79 Å². The molecule has 0 spiro atoms. The molecule has 0 atom stereocenters. The first-order valence-corrected chi connectivity index (χ1v) is 6.80. The Hall–Kier alpha value is -1.47. The third kappa shape index (κ3) is 4.80. The van der Waals surface area contributed by atoms with Crippen LogP contribution in [-0.4, -0.2) is 16.8 Å². The fraction of sp³-hybridized carbons (Fsp3) is 0.429. The predicted octanol–water partition coefficient (Wildman–Crippen LogP) is 3.81. The molecule has 96 valence electrons. The van der Waals surface area contributed by atoms with Crippen molar-refractivity contribution in [2.75, 3.05) is 5.75 Å². The van der Waals surface area contributed by atoms with Gasteiger partial charge in [-0.1, -0.05) is 0 Å². The molecule has 1 N–H and O–H groups in total. The second-order valence-corrected chi connectivity index (χ2v) is 5.95. The number of nitrogens with zero attached hydrogens (tertiary/aromatic N) is 1. The standard InChI is InChI=1S/C14H17NO2S/c1-14(2,10-15)8-3-9-18-12-6-4-11(5-7-12)13(16)17/h4-7H,3,8-9H2,1-2H3,(H,16,17). The predicted molar refractivity (Wildman–Crippen MR) is 72.8 cm³/mol. The van der Waals surface area contributed by atoms with E-state index in [2.05, 4.69) is 6.07 Å². The summed E-state index contributed by atoms with van der Waals surface area (Å²) in [4.78, 5) is 11.7. The summed E-state index contributed by atoms with van der Waals surface area (Å²) in [6, 6.07) is 9.16. The summed E-state index contributed by atoms with van der Waals surface area (Å²) in [5, 5.41) is 17.6. The van der Waals surface area contributed by atoms with Gasteiger partial charge in [0.2, 0.25) is 0 Å². The molecule has 0 amide bonds. The minimum absolute atomic E-state index is 0.256. The molecule has 4 heteroatoms. The van der Waals surface area contributed by atoms with Crippen molar-refractivity contribution < 1.29 is 9.90 Å². The van der Waals surface area contributed by atoms with Gasteiger partial charge in [0.15, 0.2) is 0 Å². The topological polar surface area (TPSA) is 61.1 Å². The van der Waals surface area contributed by atoms with Crippen molar-refractivity contribution in [1.82, 2.24) is 0 Å². The average molecular weight is 263 g/mol. The van der Waals surface area contributed by atoms with Gasteiger partial charge >= 0.3 is 5.97 Å². The summed E-state index contributed by atoms with van der Waals surface area (Å²) < 4.78 is 0. The van der Waals surface area contributed by atoms with Crippen molar-refractivity contribution in [3.8, 4) is 6.07 Å². The number of carbonyl (C=O) groups is 1. The number of aromatic carboxylic acids is 1. The number of thioether (sulfide) groups is 1. The Bertz CT molecular complexity index is 446. The number of benzene rings is 1. The van der Waals surface area contributed by atoms with Crippen LogP contribution in [-0.2, 0) is 0 Å². The van der Waals surface area contributed by atoms with Gasteiger partial charge in [0.05, 0.1) is 17.0 Å². The summed E-state index contributed by atoms with van der Waals surface area (Å²) in [5.41, 5.74) is 0.0539. The van der Waals surface area contributed by atoms with Crippen LogP contribution in [0.15, 0.2) is 29.2 Å². The number of carboxylic acids is 1. The lowest BCUT2D eigenvalue weighted by molar-refractivity contribution is 0.0697. The Balaban J connectivity index is 2.37. The zero-order chi connectivity index (χ0) is 13.6. The molecule has 3 nitrogen and oxygen atoms in total. The first-order valence-electron chi connectivity index (χ1n) is 5.82. The van der Waals surface area contributed by atoms with Crippen LogP contribution >= 0.6 is 11.8 Å². The van der Waals surface area contributed by atoms with E-state index >= 15 is 0 Å². The molecular weight excluding hydrogens is 246 g/mol. The van der Waals surface area contributed by atoms with Crippen LogP contribution in [0.1, 0.15) is 37.0 Å². The van der Waals surface area contributed by atoms with Gasteiger partial charge in [-0.05, 0) is 56.7 Å². The van der Waals surface area contributed by atoms with Crippen molar-refractivity contribution >= 4 is 17.7 Å². The van der Waals surface area contributed by atoms with Gasteiger partial charge in [-0.25, -0.2) is 4.79 Å². The Labute approximate surface area is 112 Å². The van der Waals surface area contributed by atoms with E-state index in [-0.39, 0.29) is 5.41 Å². The van der Waals surface area contributed by atoms with Crippen LogP contribution in [0.5, 0.6) is 0 Å². The lowest BCUT2D eigenvalue weighted by atomic mass is 9.90. The van der Waals surface area contributed by atoms with Gasteiger partial charge in [0.1, 0.15) is 0 Å². The highest BCUT2D eigenvalue weighted by molar-refractivity contribution is 7.99. The molecule has 0 saturated carbocycles. The van der Waals surface area contributed by atoms with Gasteiger partial charge in [0.25, 0.3) is 0 Å². The smallest absolute Gasteiger partial charge is 0.335 e. The van der Waals surface area contributed by atoms with Crippen LogP contribution in [0, 0.1) is 16.7 Å². The molecule has 0 aliphatic carbocycles. The van der Waals surface area contributed by atoms with Crippen LogP contribution in [0.4, 0.5) is 0 Å². The lowest BCUT2D eigenvalue weighted by Gasteiger charge is -2.13. The van der Waals surface area contributed by atoms with Crippen molar-refractivity contribution in [1.29, 1.82) is 5.26 Å². The summed E-state index contributed by atoms with van der Waals surface area (Å²) in [6.45, 7) is 3.89. The molecule has 0 aromatic heterocycles. The van der Waals surface area contributed by atoms with E-state index in [4.69, 9.17) is 10.4 Å². The molecular formula is C14H17NO2S. The van der Waals surface area contributed by atoms with Gasteiger partial charge < -0.3 is 5.11 Å². The van der Waals surface area contributed by atoms with Crippen molar-refractivity contribution in [2.45, 2.75) is 31.6 Å². The second kappa shape index (κ2) is 6.46. The number of hydrogen-bond acceptors (Lipinski definition) is 3. The third-order valence-corrected chi connectivity index (χ3v) is 3.72. The molecule has 0 radical (unpaired) electrons. The normalized spacial score (nSPS) is 10.9. The van der Waals surface area contributed by atoms with E-state index < -0.39 is 5.97 Å². The van der Waals surface area contributed by atoms with Crippen molar-refractivity contribution in [2.24, 2.45) is 5.41 Å². The lowest BCUT2D eigenvalue weighted by Crippen LogP contribution is -2.07. The van der Waals surface area contributed by atoms with Gasteiger partial charge in [-0.3, -0.25) is 0 Å². The highest BCUT2D eigenvalue weighted by Gasteiger charge is 2.15. The summed E-state index contributed by atoms with van der Waals surface area (Å²) >= 11 is 1.69. The fourth-order valence-electron chi connectivity index (χ4n) is 1.45. The van der Waals surface area contributed by atoms with E-state index in [1.54, 1.807) is 23.9 Å². The van der Waals surface area contributed by atoms with Crippen LogP contribution in [0.25, 0.3) is 0 Å². The molecule has 0 unspecified atom stereocenters. The summed E-state index contributed by atoms with van der Waals surface area (Å²) in [6.07, 6.45) is 1.86. The van der Waals surface area contributed by atoms with Crippen molar-refractivity contribution in [3.63, 3.8) is 0 Å². The Morgan fingerprint density at radius 3 is 2.50 bits per heavy atom. The zero-order valence-corrected chi connectivity index (χ0v) is 11.5. The van der Waals surface area contributed by atoms with Gasteiger partial charge in [-0.2, -0.15) is 5.26 Å². The Morgan fingerprint density at radius 2 is 2.00 bits per heavy atom. The molecule has 1 aromatic rings. The van der Waals surface area contributed by atoms with Crippen molar-refractivity contribution in [3.05, 3.63) is 29.8 Å². The molecule has 0 bridgehead atoms. The molecule has 0 fully saturated rings. The molecule has 1 rings (SSSR count).